The molecule has 5 atom stereocenters. The highest BCUT2D eigenvalue weighted by Crippen LogP contribution is 1.98. The van der Waals surface area contributed by atoms with E-state index in [0.29, 0.717) is 0 Å². The van der Waals surface area contributed by atoms with Crippen LogP contribution in [0.5, 0.6) is 0 Å². The van der Waals surface area contributed by atoms with Crippen LogP contribution >= 0.6 is 0 Å². The van der Waals surface area contributed by atoms with Crippen LogP contribution in [-0.2, 0) is 14.4 Å². The van der Waals surface area contributed by atoms with Crippen LogP contribution < -0.4 is 16.4 Å². The summed E-state index contributed by atoms with van der Waals surface area (Å²) in [5, 5.41) is 31.6. The van der Waals surface area contributed by atoms with Gasteiger partial charge in [-0.05, 0) is 20.8 Å². The summed E-state index contributed by atoms with van der Waals surface area (Å²) in [6.07, 6.45) is -2.40. The summed E-state index contributed by atoms with van der Waals surface area (Å²) in [4.78, 5) is 34.0. The average Bonchev–Trinajstić information content (AvgIpc) is 2.33. The number of aliphatic hydroxyl groups is 2. The molecule has 0 aliphatic carbocycles. The van der Waals surface area contributed by atoms with E-state index in [4.69, 9.17) is 10.8 Å². The first kappa shape index (κ1) is 18.3. The Balaban J connectivity index is 4.77. The molecule has 7 N–H and O–H groups in total. The molecule has 9 nitrogen and oxygen atoms in total. The largest absolute Gasteiger partial charge is 0.480 e. The van der Waals surface area contributed by atoms with E-state index in [1.165, 1.54) is 20.8 Å². The van der Waals surface area contributed by atoms with Crippen molar-refractivity contribution in [2.24, 2.45) is 5.73 Å². The van der Waals surface area contributed by atoms with Gasteiger partial charge in [-0.2, -0.15) is 0 Å². The van der Waals surface area contributed by atoms with Gasteiger partial charge >= 0.3 is 5.97 Å². The lowest BCUT2D eigenvalue weighted by Gasteiger charge is -2.24. The Morgan fingerprint density at radius 2 is 1.45 bits per heavy atom. The van der Waals surface area contributed by atoms with Gasteiger partial charge in [0.2, 0.25) is 11.8 Å². The van der Waals surface area contributed by atoms with Gasteiger partial charge in [-0.1, -0.05) is 0 Å². The monoisotopic (exact) mass is 291 g/mol. The van der Waals surface area contributed by atoms with Gasteiger partial charge in [0, 0.05) is 0 Å². The van der Waals surface area contributed by atoms with Crippen LogP contribution in [0.25, 0.3) is 0 Å². The number of nitrogens with two attached hydrogens (primary N) is 1. The Labute approximate surface area is 116 Å². The fourth-order valence-electron chi connectivity index (χ4n) is 1.24. The Hall–Kier alpha value is -1.71. The second kappa shape index (κ2) is 7.78. The minimum absolute atomic E-state index is 0.830. The molecular weight excluding hydrogens is 270 g/mol. The second-order valence-corrected chi connectivity index (χ2v) is 4.56. The third-order valence-corrected chi connectivity index (χ3v) is 2.61. The first-order valence-electron chi connectivity index (χ1n) is 6.03. The number of carbonyl (C=O) groups is 3. The highest BCUT2D eigenvalue weighted by atomic mass is 16.4. The Morgan fingerprint density at radius 3 is 1.80 bits per heavy atom. The normalized spacial score (nSPS) is 18.3. The van der Waals surface area contributed by atoms with Gasteiger partial charge in [-0.25, -0.2) is 0 Å². The predicted octanol–water partition coefficient (Wildman–Crippen LogP) is -2.85. The van der Waals surface area contributed by atoms with E-state index in [1.807, 2.05) is 0 Å². The number of carboxylic acids is 1. The molecule has 0 heterocycles. The van der Waals surface area contributed by atoms with Crippen LogP contribution in [-0.4, -0.2) is 63.4 Å². The SMILES string of the molecule is C[C@H](NC(=O)[C@@H](NC(=O)[C@@H](N)[C@@H](C)O)[C@@H](C)O)C(=O)O. The third kappa shape index (κ3) is 5.51. The summed E-state index contributed by atoms with van der Waals surface area (Å²) in [5.41, 5.74) is 5.39. The van der Waals surface area contributed by atoms with Crippen molar-refractivity contribution < 1.29 is 29.7 Å². The molecule has 9 heteroatoms. The van der Waals surface area contributed by atoms with E-state index in [1.54, 1.807) is 0 Å². The van der Waals surface area contributed by atoms with E-state index >= 15 is 0 Å². The molecule has 2 amide bonds. The molecule has 0 aliphatic heterocycles. The minimum atomic E-state index is -1.37. The predicted molar refractivity (Wildman–Crippen MR) is 68.5 cm³/mol. The summed E-state index contributed by atoms with van der Waals surface area (Å²) in [5.74, 6) is -2.94. The Morgan fingerprint density at radius 1 is 0.950 bits per heavy atom. The zero-order chi connectivity index (χ0) is 16.0. The fourth-order valence-corrected chi connectivity index (χ4v) is 1.24. The van der Waals surface area contributed by atoms with Crippen LogP contribution in [0.2, 0.25) is 0 Å². The lowest BCUT2D eigenvalue weighted by molar-refractivity contribution is -0.142. The molecule has 116 valence electrons. The average molecular weight is 291 g/mol. The third-order valence-electron chi connectivity index (χ3n) is 2.61. The summed E-state index contributed by atoms with van der Waals surface area (Å²) in [7, 11) is 0. The van der Waals surface area contributed by atoms with E-state index in [-0.39, 0.29) is 0 Å². The van der Waals surface area contributed by atoms with E-state index in [0.717, 1.165) is 0 Å². The molecule has 0 radical (unpaired) electrons. The molecule has 0 fully saturated rings. The van der Waals surface area contributed by atoms with Crippen molar-refractivity contribution in [1.29, 1.82) is 0 Å². The van der Waals surface area contributed by atoms with Crippen molar-refractivity contribution >= 4 is 17.8 Å². The van der Waals surface area contributed by atoms with Crippen LogP contribution in [0.15, 0.2) is 0 Å². The van der Waals surface area contributed by atoms with Gasteiger partial charge in [-0.3, -0.25) is 14.4 Å². The highest BCUT2D eigenvalue weighted by molar-refractivity contribution is 5.92. The summed E-state index contributed by atoms with van der Waals surface area (Å²) < 4.78 is 0. The smallest absolute Gasteiger partial charge is 0.325 e. The maximum Gasteiger partial charge on any atom is 0.325 e. The van der Waals surface area contributed by atoms with Crippen LogP contribution in [0.4, 0.5) is 0 Å². The maximum atomic E-state index is 11.8. The number of carbonyl (C=O) groups excluding carboxylic acids is 2. The van der Waals surface area contributed by atoms with Crippen LogP contribution in [0.1, 0.15) is 20.8 Å². The number of aliphatic carboxylic acids is 1. The number of hydrogen-bond donors (Lipinski definition) is 6. The molecule has 0 unspecified atom stereocenters. The first-order valence-corrected chi connectivity index (χ1v) is 6.03. The molecule has 0 saturated heterocycles. The summed E-state index contributed by atoms with van der Waals surface area (Å²) >= 11 is 0. The molecule has 0 saturated carbocycles. The van der Waals surface area contributed by atoms with Gasteiger partial charge in [-0.15, -0.1) is 0 Å². The molecule has 0 bridgehead atoms. The molecule has 0 rings (SSSR count). The quantitative estimate of drug-likeness (QED) is 0.294. The van der Waals surface area contributed by atoms with Crippen LogP contribution in [0, 0.1) is 0 Å². The van der Waals surface area contributed by atoms with Crippen molar-refractivity contribution in [3.8, 4) is 0 Å². The summed E-state index contributed by atoms with van der Waals surface area (Å²) in [6.45, 7) is 3.79. The zero-order valence-electron chi connectivity index (χ0n) is 11.5. The van der Waals surface area contributed by atoms with Crippen molar-refractivity contribution in [3.05, 3.63) is 0 Å². The topological polar surface area (TPSA) is 162 Å². The first-order chi connectivity index (χ1) is 9.07. The number of carboxylic acid groups (broad SMARTS) is 1. The number of rotatable bonds is 7. The molecule has 0 aromatic carbocycles. The molecule has 0 aliphatic rings. The van der Waals surface area contributed by atoms with Gasteiger partial charge in [0.1, 0.15) is 18.1 Å². The molecular formula is C11H21N3O6. The lowest BCUT2D eigenvalue weighted by Crippen LogP contribution is -2.59. The van der Waals surface area contributed by atoms with E-state index < -0.39 is 48.1 Å². The molecule has 0 aromatic rings. The summed E-state index contributed by atoms with van der Waals surface area (Å²) in [6, 6.07) is -3.80. The number of aliphatic hydroxyl groups excluding tert-OH is 2. The van der Waals surface area contributed by atoms with Gasteiger partial charge < -0.3 is 31.7 Å². The number of nitrogens with one attached hydrogen (secondary N) is 2. The van der Waals surface area contributed by atoms with Crippen molar-refractivity contribution in [2.45, 2.75) is 51.1 Å². The lowest BCUT2D eigenvalue weighted by atomic mass is 10.1. The Bertz CT molecular complexity index is 371. The van der Waals surface area contributed by atoms with Gasteiger partial charge in [0.15, 0.2) is 0 Å². The van der Waals surface area contributed by atoms with Gasteiger partial charge in [0.25, 0.3) is 0 Å². The van der Waals surface area contributed by atoms with E-state index in [9.17, 15) is 24.6 Å². The highest BCUT2D eigenvalue weighted by Gasteiger charge is 2.30. The molecule has 0 aromatic heterocycles. The zero-order valence-corrected chi connectivity index (χ0v) is 11.5. The van der Waals surface area contributed by atoms with Gasteiger partial charge in [0.05, 0.1) is 12.2 Å². The number of amides is 2. The number of hydrogen-bond acceptors (Lipinski definition) is 6. The standard InChI is InChI=1S/C11H21N3O6/c1-4(11(19)20)13-10(18)8(6(3)16)14-9(17)7(12)5(2)15/h4-8,15-16H,12H2,1-3H3,(H,13,18)(H,14,17)(H,19,20)/t4-,5+,6+,7-,8-/m0/s1. The van der Waals surface area contributed by atoms with Crippen LogP contribution in [0.3, 0.4) is 0 Å². The molecule has 20 heavy (non-hydrogen) atoms. The van der Waals surface area contributed by atoms with Crippen molar-refractivity contribution in [3.63, 3.8) is 0 Å². The van der Waals surface area contributed by atoms with Crippen molar-refractivity contribution in [1.82, 2.24) is 10.6 Å². The van der Waals surface area contributed by atoms with Crippen molar-refractivity contribution in [2.75, 3.05) is 0 Å². The fraction of sp³-hybridized carbons (Fsp3) is 0.727. The van der Waals surface area contributed by atoms with E-state index in [2.05, 4.69) is 10.6 Å². The minimum Gasteiger partial charge on any atom is -0.480 e. The molecule has 0 spiro atoms. The Kier molecular flexibility index (Phi) is 7.11. The second-order valence-electron chi connectivity index (χ2n) is 4.56. The maximum absolute atomic E-state index is 11.8.